The first-order chi connectivity index (χ1) is 9.20. The minimum atomic E-state index is 0.110. The van der Waals surface area contributed by atoms with E-state index >= 15 is 0 Å². The van der Waals surface area contributed by atoms with E-state index in [9.17, 15) is 0 Å². The molecule has 0 aliphatic carbocycles. The third kappa shape index (κ3) is 3.76. The molecule has 0 unspecified atom stereocenters. The molecule has 0 atom stereocenters. The van der Waals surface area contributed by atoms with Crippen LogP contribution in [0.15, 0.2) is 30.7 Å². The van der Waals surface area contributed by atoms with Gasteiger partial charge in [-0.2, -0.15) is 0 Å². The predicted molar refractivity (Wildman–Crippen MR) is 73.7 cm³/mol. The number of aromatic nitrogens is 3. The van der Waals surface area contributed by atoms with Crippen LogP contribution < -0.4 is 0 Å². The van der Waals surface area contributed by atoms with Gasteiger partial charge in [0.2, 0.25) is 0 Å². The van der Waals surface area contributed by atoms with Crippen LogP contribution in [0.3, 0.4) is 0 Å². The summed E-state index contributed by atoms with van der Waals surface area (Å²) in [5, 5.41) is 9.77. The molecule has 0 fully saturated rings. The van der Waals surface area contributed by atoms with Crippen molar-refractivity contribution < 1.29 is 5.11 Å². The smallest absolute Gasteiger partial charge is 0.128 e. The molecule has 0 aliphatic heterocycles. The first kappa shape index (κ1) is 14.0. The van der Waals surface area contributed by atoms with E-state index in [1.807, 2.05) is 29.9 Å². The largest absolute Gasteiger partial charge is 0.395 e. The Bertz CT molecular complexity index is 515. The summed E-state index contributed by atoms with van der Waals surface area (Å²) in [4.78, 5) is 10.5. The molecule has 5 nitrogen and oxygen atoms in total. The number of halogens is 1. The zero-order valence-corrected chi connectivity index (χ0v) is 11.6. The Hall–Kier alpha value is -1.43. The summed E-state index contributed by atoms with van der Waals surface area (Å²) in [6.45, 7) is 2.05. The maximum absolute atomic E-state index is 9.16. The van der Waals surface area contributed by atoms with Crippen molar-refractivity contribution in [2.75, 3.05) is 13.2 Å². The summed E-state index contributed by atoms with van der Waals surface area (Å²) in [7, 11) is 1.88. The van der Waals surface area contributed by atoms with Gasteiger partial charge in [-0.1, -0.05) is 17.7 Å². The van der Waals surface area contributed by atoms with Crippen LogP contribution in [0.2, 0.25) is 5.15 Å². The zero-order valence-electron chi connectivity index (χ0n) is 10.8. The number of aliphatic hydroxyl groups excluding tert-OH is 1. The monoisotopic (exact) mass is 280 g/mol. The SMILES string of the molecule is Cn1c(Cl)cnc1CN(CCO)Cc1cccnc1. The third-order valence-corrected chi connectivity index (χ3v) is 3.29. The second-order valence-corrected chi connectivity index (χ2v) is 4.74. The molecule has 0 aromatic carbocycles. The van der Waals surface area contributed by atoms with Crippen LogP contribution in [0, 0.1) is 0 Å². The molecule has 6 heteroatoms. The number of hydrogen-bond donors (Lipinski definition) is 1. The second-order valence-electron chi connectivity index (χ2n) is 4.35. The van der Waals surface area contributed by atoms with Crippen LogP contribution in [0.4, 0.5) is 0 Å². The fourth-order valence-electron chi connectivity index (χ4n) is 1.88. The standard InChI is InChI=1S/C13H17ClN4O/c1-17-12(14)8-16-13(17)10-18(5-6-19)9-11-3-2-4-15-7-11/h2-4,7-8,19H,5-6,9-10H2,1H3. The number of hydrogen-bond acceptors (Lipinski definition) is 4. The van der Waals surface area contributed by atoms with Gasteiger partial charge < -0.3 is 9.67 Å². The Labute approximate surface area is 117 Å². The second kappa shape index (κ2) is 6.65. The van der Waals surface area contributed by atoms with E-state index < -0.39 is 0 Å². The molecule has 0 spiro atoms. The lowest BCUT2D eigenvalue weighted by molar-refractivity contribution is 0.180. The highest BCUT2D eigenvalue weighted by Crippen LogP contribution is 2.12. The van der Waals surface area contributed by atoms with Gasteiger partial charge in [-0.3, -0.25) is 9.88 Å². The third-order valence-electron chi connectivity index (χ3n) is 2.94. The Morgan fingerprint density at radius 3 is 2.79 bits per heavy atom. The summed E-state index contributed by atoms with van der Waals surface area (Å²) >= 11 is 5.97. The summed E-state index contributed by atoms with van der Waals surface area (Å²) in [5.74, 6) is 0.877. The zero-order chi connectivity index (χ0) is 13.7. The molecule has 19 heavy (non-hydrogen) atoms. The molecule has 0 amide bonds. The van der Waals surface area contributed by atoms with Gasteiger partial charge in [-0.25, -0.2) is 4.98 Å². The lowest BCUT2D eigenvalue weighted by atomic mass is 10.2. The van der Waals surface area contributed by atoms with Crippen molar-refractivity contribution in [3.05, 3.63) is 47.3 Å². The molecule has 102 valence electrons. The number of aliphatic hydroxyl groups is 1. The highest BCUT2D eigenvalue weighted by molar-refractivity contribution is 6.29. The van der Waals surface area contributed by atoms with Gasteiger partial charge in [0, 0.05) is 32.5 Å². The van der Waals surface area contributed by atoms with Gasteiger partial charge >= 0.3 is 0 Å². The number of rotatable bonds is 6. The Morgan fingerprint density at radius 2 is 2.21 bits per heavy atom. The summed E-state index contributed by atoms with van der Waals surface area (Å²) in [6, 6.07) is 3.92. The van der Waals surface area contributed by atoms with E-state index in [0.29, 0.717) is 18.2 Å². The Kier molecular flexibility index (Phi) is 4.90. The molecule has 2 rings (SSSR count). The van der Waals surface area contributed by atoms with Crippen LogP contribution in [-0.2, 0) is 20.1 Å². The minimum Gasteiger partial charge on any atom is -0.395 e. The molecule has 1 N–H and O–H groups in total. The van der Waals surface area contributed by atoms with Gasteiger partial charge in [-0.15, -0.1) is 0 Å². The van der Waals surface area contributed by atoms with E-state index in [1.165, 1.54) is 0 Å². The maximum atomic E-state index is 9.16. The van der Waals surface area contributed by atoms with E-state index in [2.05, 4.69) is 14.9 Å². The van der Waals surface area contributed by atoms with Gasteiger partial charge in [-0.05, 0) is 11.6 Å². The van der Waals surface area contributed by atoms with E-state index in [1.54, 1.807) is 12.4 Å². The van der Waals surface area contributed by atoms with Gasteiger partial charge in [0.25, 0.3) is 0 Å². The highest BCUT2D eigenvalue weighted by Gasteiger charge is 2.11. The normalized spacial score (nSPS) is 11.2. The maximum Gasteiger partial charge on any atom is 0.128 e. The molecule has 0 bridgehead atoms. The number of imidazole rings is 1. The van der Waals surface area contributed by atoms with Crippen molar-refractivity contribution in [2.24, 2.45) is 7.05 Å². The average molecular weight is 281 g/mol. The van der Waals surface area contributed by atoms with Gasteiger partial charge in [0.1, 0.15) is 11.0 Å². The molecule has 0 saturated heterocycles. The van der Waals surface area contributed by atoms with Gasteiger partial charge in [0.05, 0.1) is 19.3 Å². The van der Waals surface area contributed by atoms with Crippen LogP contribution >= 0.6 is 11.6 Å². The van der Waals surface area contributed by atoms with Gasteiger partial charge in [0.15, 0.2) is 0 Å². The molecule has 0 saturated carbocycles. The van der Waals surface area contributed by atoms with E-state index in [0.717, 1.165) is 17.9 Å². The van der Waals surface area contributed by atoms with Crippen molar-refractivity contribution in [3.63, 3.8) is 0 Å². The first-order valence-corrected chi connectivity index (χ1v) is 6.46. The Balaban J connectivity index is 2.06. The molecule has 2 aromatic rings. The molecule has 0 aliphatic rings. The summed E-state index contributed by atoms with van der Waals surface area (Å²) in [6.07, 6.45) is 5.21. The first-order valence-electron chi connectivity index (χ1n) is 6.09. The van der Waals surface area contributed by atoms with Crippen molar-refractivity contribution >= 4 is 11.6 Å². The average Bonchev–Trinajstić information content (AvgIpc) is 2.72. The fraction of sp³-hybridized carbons (Fsp3) is 0.385. The quantitative estimate of drug-likeness (QED) is 0.870. The molecular formula is C13H17ClN4O. The van der Waals surface area contributed by atoms with Crippen LogP contribution in [0.25, 0.3) is 0 Å². The summed E-state index contributed by atoms with van der Waals surface area (Å²) < 4.78 is 1.84. The van der Waals surface area contributed by atoms with Crippen molar-refractivity contribution in [1.29, 1.82) is 0 Å². The van der Waals surface area contributed by atoms with Crippen molar-refractivity contribution in [2.45, 2.75) is 13.1 Å². The van der Waals surface area contributed by atoms with E-state index in [-0.39, 0.29) is 6.61 Å². The Morgan fingerprint density at radius 1 is 1.37 bits per heavy atom. The lowest BCUT2D eigenvalue weighted by Crippen LogP contribution is -2.27. The number of nitrogens with zero attached hydrogens (tertiary/aromatic N) is 4. The van der Waals surface area contributed by atoms with Crippen LogP contribution in [0.5, 0.6) is 0 Å². The minimum absolute atomic E-state index is 0.110. The van der Waals surface area contributed by atoms with Crippen molar-refractivity contribution in [3.8, 4) is 0 Å². The molecule has 0 radical (unpaired) electrons. The van der Waals surface area contributed by atoms with Crippen LogP contribution in [-0.4, -0.2) is 37.7 Å². The van der Waals surface area contributed by atoms with E-state index in [4.69, 9.17) is 16.7 Å². The van der Waals surface area contributed by atoms with Crippen LogP contribution in [0.1, 0.15) is 11.4 Å². The lowest BCUT2D eigenvalue weighted by Gasteiger charge is -2.20. The molecule has 2 aromatic heterocycles. The molecule has 2 heterocycles. The molecular weight excluding hydrogens is 264 g/mol. The van der Waals surface area contributed by atoms with Crippen molar-refractivity contribution in [1.82, 2.24) is 19.4 Å². The summed E-state index contributed by atoms with van der Waals surface area (Å²) in [5.41, 5.74) is 1.11. The topological polar surface area (TPSA) is 54.2 Å². The fourth-order valence-corrected chi connectivity index (χ4v) is 2.02. The number of pyridine rings is 1. The predicted octanol–water partition coefficient (Wildman–Crippen LogP) is 1.46. The highest BCUT2D eigenvalue weighted by atomic mass is 35.5.